The Morgan fingerprint density at radius 1 is 1.05 bits per heavy atom. The second-order valence-electron chi connectivity index (χ2n) is 10.9. The van der Waals surface area contributed by atoms with Crippen LogP contribution in [0, 0.1) is 35.2 Å². The Morgan fingerprint density at radius 2 is 1.71 bits per heavy atom. The zero-order valence-electron chi connectivity index (χ0n) is 22.2. The average Bonchev–Trinajstić information content (AvgIpc) is 2.87. The molecule has 2 aromatic rings. The Balaban J connectivity index is 1.53. The number of benzene rings is 2. The van der Waals surface area contributed by atoms with Gasteiger partial charge in [0.1, 0.15) is 22.8 Å². The summed E-state index contributed by atoms with van der Waals surface area (Å²) < 4.78 is 40.5. The van der Waals surface area contributed by atoms with Crippen molar-refractivity contribution in [1.29, 1.82) is 0 Å². The molecule has 1 saturated carbocycles. The molecule has 6 N–H and O–H groups in total. The van der Waals surface area contributed by atoms with Gasteiger partial charge in [-0.1, -0.05) is 0 Å². The number of allylic oxidation sites excluding steroid dienone is 2. The highest BCUT2D eigenvalue weighted by Crippen LogP contribution is 2.52. The maximum absolute atomic E-state index is 13.7. The number of anilines is 1. The van der Waals surface area contributed by atoms with E-state index in [-0.39, 0.29) is 54.8 Å². The summed E-state index contributed by atoms with van der Waals surface area (Å²) in [5.74, 6) is -10.4. The molecular weight excluding hydrogens is 543 g/mol. The minimum absolute atomic E-state index is 0.00847. The summed E-state index contributed by atoms with van der Waals surface area (Å²) in [5.41, 5.74) is 6.36. The minimum Gasteiger partial charge on any atom is -0.511 e. The Labute approximate surface area is 232 Å². The summed E-state index contributed by atoms with van der Waals surface area (Å²) in [5, 5.41) is 36.3. The second-order valence-corrected chi connectivity index (χ2v) is 10.9. The number of fused-ring (bicyclic) bond motifs is 3. The van der Waals surface area contributed by atoms with Crippen LogP contribution in [0.1, 0.15) is 35.1 Å². The molecule has 1 fully saturated rings. The van der Waals surface area contributed by atoms with Gasteiger partial charge in [0.05, 0.1) is 11.5 Å². The molecule has 3 aliphatic rings. The van der Waals surface area contributed by atoms with Gasteiger partial charge in [0.2, 0.25) is 0 Å². The molecule has 0 spiro atoms. The van der Waals surface area contributed by atoms with Crippen molar-refractivity contribution in [3.63, 3.8) is 0 Å². The summed E-state index contributed by atoms with van der Waals surface area (Å²) in [7, 11) is 3.53. The number of aliphatic hydroxyl groups excluding tert-OH is 2. The molecule has 0 saturated heterocycles. The number of halogens is 3. The monoisotopic (exact) mass is 571 g/mol. The Hall–Kier alpha value is -4.32. The third-order valence-electron chi connectivity index (χ3n) is 8.11. The highest BCUT2D eigenvalue weighted by molar-refractivity contribution is 6.21. The number of nitrogens with two attached hydrogens (primary N) is 1. The lowest BCUT2D eigenvalue weighted by Crippen LogP contribution is -2.44. The van der Waals surface area contributed by atoms with E-state index >= 15 is 0 Å². The van der Waals surface area contributed by atoms with Crippen molar-refractivity contribution in [1.82, 2.24) is 5.32 Å². The van der Waals surface area contributed by atoms with Crippen LogP contribution in [0.25, 0.3) is 5.76 Å². The quantitative estimate of drug-likeness (QED) is 0.262. The van der Waals surface area contributed by atoms with Crippen molar-refractivity contribution in [2.45, 2.75) is 32.4 Å². The first-order chi connectivity index (χ1) is 19.3. The fourth-order valence-corrected chi connectivity index (χ4v) is 6.33. The van der Waals surface area contributed by atoms with Gasteiger partial charge in [-0.05, 0) is 54.0 Å². The smallest absolute Gasteiger partial charge is 0.255 e. The maximum atomic E-state index is 13.7. The number of nitrogens with zero attached hydrogens (tertiary/aromatic N) is 1. The SMILES string of the molecule is CN(C)c1cc(CNCc2cc(F)c(F)c(F)c2)c(O)c2c1C[C@H]1C[C@H]3CC(=O)C(C(N)=O)=C(O)C3C(=O)C1=C2O. The minimum atomic E-state index is -1.57. The van der Waals surface area contributed by atoms with E-state index in [0.717, 1.165) is 12.1 Å². The molecule has 0 bridgehead atoms. The number of carbonyl (C=O) groups excluding carboxylic acids is 3. The highest BCUT2D eigenvalue weighted by Gasteiger charge is 2.51. The Morgan fingerprint density at radius 3 is 2.32 bits per heavy atom. The molecule has 12 heteroatoms. The summed E-state index contributed by atoms with van der Waals surface area (Å²) in [4.78, 5) is 39.7. The number of Topliss-reactive ketones (excluding diaryl/α,β-unsaturated/α-hetero) is 2. The lowest BCUT2D eigenvalue weighted by atomic mass is 9.61. The molecule has 3 aliphatic carbocycles. The zero-order chi connectivity index (χ0) is 29.9. The van der Waals surface area contributed by atoms with Gasteiger partial charge in [-0.3, -0.25) is 14.4 Å². The molecule has 5 rings (SSSR count). The molecule has 3 atom stereocenters. The van der Waals surface area contributed by atoms with Crippen molar-refractivity contribution in [2.75, 3.05) is 19.0 Å². The van der Waals surface area contributed by atoms with E-state index in [9.17, 15) is 42.9 Å². The molecule has 9 nitrogen and oxygen atoms in total. The van der Waals surface area contributed by atoms with Crippen LogP contribution in [0.2, 0.25) is 0 Å². The fraction of sp³-hybridized carbons (Fsp3) is 0.345. The van der Waals surface area contributed by atoms with E-state index in [2.05, 4.69) is 5.32 Å². The molecule has 2 aromatic carbocycles. The lowest BCUT2D eigenvalue weighted by Gasteiger charge is -2.41. The van der Waals surface area contributed by atoms with E-state index in [1.807, 2.05) is 0 Å². The van der Waals surface area contributed by atoms with Crippen LogP contribution in [0.3, 0.4) is 0 Å². The number of hydrogen-bond acceptors (Lipinski definition) is 8. The number of phenols is 1. The molecule has 0 aliphatic heterocycles. The van der Waals surface area contributed by atoms with Crippen molar-refractivity contribution in [3.05, 3.63) is 74.8 Å². The number of aromatic hydroxyl groups is 1. The van der Waals surface area contributed by atoms with Crippen molar-refractivity contribution in [2.24, 2.45) is 23.5 Å². The number of rotatable bonds is 6. The first kappa shape index (κ1) is 28.2. The Bertz CT molecular complexity index is 1560. The first-order valence-electron chi connectivity index (χ1n) is 12.9. The van der Waals surface area contributed by atoms with Gasteiger partial charge < -0.3 is 31.3 Å². The number of primary amides is 1. The molecule has 216 valence electrons. The number of amides is 1. The van der Waals surface area contributed by atoms with Gasteiger partial charge in [-0.25, -0.2) is 13.2 Å². The van der Waals surface area contributed by atoms with Crippen LogP contribution >= 0.6 is 0 Å². The number of hydrogen-bond donors (Lipinski definition) is 5. The van der Waals surface area contributed by atoms with Crippen molar-refractivity contribution < 1.29 is 42.9 Å². The van der Waals surface area contributed by atoms with Crippen LogP contribution in [0.5, 0.6) is 5.75 Å². The van der Waals surface area contributed by atoms with Crippen LogP contribution in [-0.4, -0.2) is 46.9 Å². The van der Waals surface area contributed by atoms with Gasteiger partial charge in [0.25, 0.3) is 5.91 Å². The predicted molar refractivity (Wildman–Crippen MR) is 141 cm³/mol. The van der Waals surface area contributed by atoms with Gasteiger partial charge in [0, 0.05) is 50.4 Å². The molecule has 0 radical (unpaired) electrons. The van der Waals surface area contributed by atoms with E-state index in [0.29, 0.717) is 16.8 Å². The van der Waals surface area contributed by atoms with Crippen LogP contribution in [-0.2, 0) is 33.9 Å². The van der Waals surface area contributed by atoms with E-state index < -0.39 is 69.8 Å². The fourth-order valence-electron chi connectivity index (χ4n) is 6.33. The van der Waals surface area contributed by atoms with Crippen LogP contribution < -0.4 is 16.0 Å². The number of nitrogens with one attached hydrogen (secondary N) is 1. The largest absolute Gasteiger partial charge is 0.511 e. The highest BCUT2D eigenvalue weighted by atomic mass is 19.2. The molecule has 0 heterocycles. The van der Waals surface area contributed by atoms with Gasteiger partial charge in [0.15, 0.2) is 29.0 Å². The van der Waals surface area contributed by atoms with E-state index in [1.165, 1.54) is 0 Å². The van der Waals surface area contributed by atoms with Crippen LogP contribution in [0.4, 0.5) is 18.9 Å². The first-order valence-corrected chi connectivity index (χ1v) is 12.9. The van der Waals surface area contributed by atoms with Gasteiger partial charge in [-0.15, -0.1) is 0 Å². The summed E-state index contributed by atoms with van der Waals surface area (Å²) in [6.45, 7) is -0.0793. The summed E-state index contributed by atoms with van der Waals surface area (Å²) >= 11 is 0. The van der Waals surface area contributed by atoms with E-state index in [4.69, 9.17) is 5.73 Å². The summed E-state index contributed by atoms with van der Waals surface area (Å²) in [6, 6.07) is 3.40. The third-order valence-corrected chi connectivity index (χ3v) is 8.11. The molecule has 41 heavy (non-hydrogen) atoms. The summed E-state index contributed by atoms with van der Waals surface area (Å²) in [6.07, 6.45) is 0.390. The van der Waals surface area contributed by atoms with E-state index in [1.54, 1.807) is 25.1 Å². The average molecular weight is 572 g/mol. The maximum Gasteiger partial charge on any atom is 0.255 e. The lowest BCUT2D eigenvalue weighted by molar-refractivity contribution is -0.127. The molecule has 1 amide bonds. The normalized spacial score (nSPS) is 21.9. The number of carbonyl (C=O) groups is 3. The molecule has 1 unspecified atom stereocenters. The number of aliphatic hydroxyl groups is 2. The molecular formula is C29H28F3N3O6. The zero-order valence-corrected chi connectivity index (χ0v) is 22.2. The molecule has 0 aromatic heterocycles. The Kier molecular flexibility index (Phi) is 7.06. The second kappa shape index (κ2) is 10.3. The number of phenolic OH excluding ortho intramolecular Hbond substituents is 1. The number of ketones is 2. The van der Waals surface area contributed by atoms with Crippen LogP contribution in [0.15, 0.2) is 35.1 Å². The predicted octanol–water partition coefficient (Wildman–Crippen LogP) is 3.08. The third kappa shape index (κ3) is 4.61. The van der Waals surface area contributed by atoms with Gasteiger partial charge >= 0.3 is 0 Å². The standard InChI is InChI=1S/C29H28F3N3O6/c1-35(2)18-7-14(10-34-9-11-3-16(30)24(32)17(31)4-11)25(37)22-15(18)6-12-5-13-8-19(36)23(29(33)41)28(40)21(13)26(38)20(12)27(22)39/h3-4,7,12-13,21,34,37,39-40H,5-6,8-10H2,1-2H3,(H2,33,41)/t12-,13+,21?/m1/s1. The topological polar surface area (TPSA) is 153 Å². The van der Waals surface area contributed by atoms with Crippen molar-refractivity contribution in [3.8, 4) is 5.75 Å². The van der Waals surface area contributed by atoms with Crippen molar-refractivity contribution >= 4 is 28.9 Å². The van der Waals surface area contributed by atoms with Gasteiger partial charge in [-0.2, -0.15) is 0 Å².